The van der Waals surface area contributed by atoms with Gasteiger partial charge >= 0.3 is 0 Å². The Morgan fingerprint density at radius 2 is 1.85 bits per heavy atom. The van der Waals surface area contributed by atoms with Crippen LogP contribution in [-0.2, 0) is 12.1 Å². The van der Waals surface area contributed by atoms with Gasteiger partial charge in [-0.1, -0.05) is 81.3 Å². The first-order valence-electron chi connectivity index (χ1n) is 9.53. The molecule has 0 nitrogen and oxygen atoms in total. The van der Waals surface area contributed by atoms with Crippen LogP contribution in [-0.4, -0.2) is 6.17 Å². The molecular weight excluding hydrogens is 345 g/mol. The lowest BCUT2D eigenvalue weighted by molar-refractivity contribution is 0.0861. The summed E-state index contributed by atoms with van der Waals surface area (Å²) in [5, 5.41) is 0. The van der Waals surface area contributed by atoms with E-state index in [2.05, 4.69) is 13.8 Å². The van der Waals surface area contributed by atoms with Crippen molar-refractivity contribution in [3.63, 3.8) is 0 Å². The number of benzene rings is 2. The van der Waals surface area contributed by atoms with Crippen LogP contribution in [0, 0.1) is 5.92 Å². The van der Waals surface area contributed by atoms with Gasteiger partial charge in [-0.15, -0.1) is 0 Å². The zero-order valence-corrected chi connectivity index (χ0v) is 15.8. The van der Waals surface area contributed by atoms with Crippen LogP contribution in [0.5, 0.6) is 0 Å². The van der Waals surface area contributed by atoms with Crippen molar-refractivity contribution in [3.05, 3.63) is 83.7 Å². The molecule has 3 heteroatoms. The molecule has 1 aliphatic rings. The molecule has 0 saturated heterocycles. The van der Waals surface area contributed by atoms with Gasteiger partial charge in [-0.2, -0.15) is 0 Å². The van der Waals surface area contributed by atoms with E-state index in [1.165, 1.54) is 6.08 Å². The van der Waals surface area contributed by atoms with Crippen LogP contribution in [0.3, 0.4) is 0 Å². The molecule has 0 N–H and O–H groups in total. The van der Waals surface area contributed by atoms with E-state index in [4.69, 9.17) is 0 Å². The third kappa shape index (κ3) is 3.87. The third-order valence-electron chi connectivity index (χ3n) is 5.18. The van der Waals surface area contributed by atoms with E-state index in [9.17, 15) is 8.78 Å². The number of allylic oxidation sites excluding steroid dienone is 4. The first-order valence-corrected chi connectivity index (χ1v) is 9.53. The summed E-state index contributed by atoms with van der Waals surface area (Å²) in [4.78, 5) is 0. The molecule has 27 heavy (non-hydrogen) atoms. The van der Waals surface area contributed by atoms with Gasteiger partial charge in [-0.25, -0.2) is 13.2 Å². The predicted octanol–water partition coefficient (Wildman–Crippen LogP) is 7.26. The molecule has 3 atom stereocenters. The van der Waals surface area contributed by atoms with Crippen LogP contribution in [0.2, 0.25) is 0 Å². The fraction of sp³-hybridized carbons (Fsp3) is 0.333. The molecule has 0 fully saturated rings. The number of rotatable bonds is 6. The number of hydrogen-bond acceptors (Lipinski definition) is 0. The second kappa shape index (κ2) is 8.16. The van der Waals surface area contributed by atoms with Gasteiger partial charge in [-0.05, 0) is 41.2 Å². The first kappa shape index (κ1) is 19.5. The van der Waals surface area contributed by atoms with E-state index in [1.807, 2.05) is 36.4 Å². The van der Waals surface area contributed by atoms with Crippen LogP contribution >= 0.6 is 0 Å². The van der Waals surface area contributed by atoms with E-state index < -0.39 is 17.7 Å². The highest BCUT2D eigenvalue weighted by molar-refractivity contribution is 5.71. The molecular formula is C24H25F3. The van der Waals surface area contributed by atoms with Crippen molar-refractivity contribution in [1.82, 2.24) is 0 Å². The maximum atomic E-state index is 15.7. The lowest BCUT2D eigenvalue weighted by atomic mass is 9.81. The van der Waals surface area contributed by atoms with Crippen LogP contribution < -0.4 is 0 Å². The molecule has 3 unspecified atom stereocenters. The summed E-state index contributed by atoms with van der Waals surface area (Å²) in [6, 6.07) is 14.5. The van der Waals surface area contributed by atoms with Crippen molar-refractivity contribution < 1.29 is 13.2 Å². The zero-order chi connectivity index (χ0) is 19.4. The van der Waals surface area contributed by atoms with Crippen molar-refractivity contribution >= 4 is 0 Å². The quantitative estimate of drug-likeness (QED) is 0.502. The number of alkyl halides is 2. The molecule has 142 valence electrons. The highest BCUT2D eigenvalue weighted by Crippen LogP contribution is 2.46. The Labute approximate surface area is 159 Å². The summed E-state index contributed by atoms with van der Waals surface area (Å²) in [5.74, 6) is -0.603. The van der Waals surface area contributed by atoms with Gasteiger partial charge in [0.25, 0.3) is 0 Å². The summed E-state index contributed by atoms with van der Waals surface area (Å²) < 4.78 is 44.7. The van der Waals surface area contributed by atoms with E-state index in [-0.39, 0.29) is 5.56 Å². The number of halogens is 3. The Bertz CT molecular complexity index is 838. The normalized spacial score (nSPS) is 23.1. The monoisotopic (exact) mass is 370 g/mol. The van der Waals surface area contributed by atoms with Gasteiger partial charge in [0.1, 0.15) is 5.83 Å². The second-order valence-corrected chi connectivity index (χ2v) is 7.36. The van der Waals surface area contributed by atoms with Gasteiger partial charge in [0.2, 0.25) is 5.67 Å². The minimum atomic E-state index is -2.80. The molecule has 0 aromatic heterocycles. The second-order valence-electron chi connectivity index (χ2n) is 7.36. The van der Waals surface area contributed by atoms with Crippen molar-refractivity contribution in [2.45, 2.75) is 45.0 Å². The summed E-state index contributed by atoms with van der Waals surface area (Å²) in [7, 11) is 0. The highest BCUT2D eigenvalue weighted by Gasteiger charge is 2.47. The highest BCUT2D eigenvalue weighted by atomic mass is 19.2. The fourth-order valence-electron chi connectivity index (χ4n) is 3.79. The minimum absolute atomic E-state index is 0.0335. The van der Waals surface area contributed by atoms with Gasteiger partial charge in [-0.3, -0.25) is 0 Å². The third-order valence-corrected chi connectivity index (χ3v) is 5.18. The average molecular weight is 370 g/mol. The van der Waals surface area contributed by atoms with Gasteiger partial charge in [0, 0.05) is 5.56 Å². The smallest absolute Gasteiger partial charge is 0.221 e. The SMILES string of the molecule is CCCC(C)Cc1ccc(C2(F)C(F)=CC=CC2F)c(-c2ccccc2)c1. The molecule has 2 aromatic carbocycles. The molecule has 0 saturated carbocycles. The van der Waals surface area contributed by atoms with E-state index in [1.54, 1.807) is 12.1 Å². The minimum Gasteiger partial charge on any atom is -0.238 e. The Morgan fingerprint density at radius 1 is 1.11 bits per heavy atom. The lowest BCUT2D eigenvalue weighted by Gasteiger charge is -2.30. The predicted molar refractivity (Wildman–Crippen MR) is 106 cm³/mol. The maximum absolute atomic E-state index is 15.7. The molecule has 0 bridgehead atoms. The zero-order valence-electron chi connectivity index (χ0n) is 15.8. The topological polar surface area (TPSA) is 0 Å². The van der Waals surface area contributed by atoms with Gasteiger partial charge in [0.15, 0.2) is 6.17 Å². The Morgan fingerprint density at radius 3 is 2.52 bits per heavy atom. The molecule has 2 aromatic rings. The van der Waals surface area contributed by atoms with Crippen molar-refractivity contribution in [3.8, 4) is 11.1 Å². The molecule has 3 rings (SSSR count). The Balaban J connectivity index is 2.11. The van der Waals surface area contributed by atoms with E-state index >= 15 is 4.39 Å². The van der Waals surface area contributed by atoms with Crippen LogP contribution in [0.25, 0.3) is 11.1 Å². The van der Waals surface area contributed by atoms with Crippen molar-refractivity contribution in [2.24, 2.45) is 5.92 Å². The molecule has 0 amide bonds. The molecule has 0 spiro atoms. The van der Waals surface area contributed by atoms with Gasteiger partial charge in [0.05, 0.1) is 0 Å². The van der Waals surface area contributed by atoms with Crippen molar-refractivity contribution in [1.29, 1.82) is 0 Å². The maximum Gasteiger partial charge on any atom is 0.221 e. The largest absolute Gasteiger partial charge is 0.238 e. The van der Waals surface area contributed by atoms with Crippen LogP contribution in [0.1, 0.15) is 37.8 Å². The Kier molecular flexibility index (Phi) is 5.88. The molecule has 0 radical (unpaired) electrons. The van der Waals surface area contributed by atoms with Gasteiger partial charge < -0.3 is 0 Å². The fourth-order valence-corrected chi connectivity index (χ4v) is 3.79. The molecule has 0 heterocycles. The molecule has 0 aliphatic heterocycles. The summed E-state index contributed by atoms with van der Waals surface area (Å²) in [6.45, 7) is 4.33. The average Bonchev–Trinajstić information content (AvgIpc) is 2.67. The van der Waals surface area contributed by atoms with Crippen LogP contribution in [0.4, 0.5) is 13.2 Å². The lowest BCUT2D eigenvalue weighted by Crippen LogP contribution is -2.34. The summed E-state index contributed by atoms with van der Waals surface area (Å²) in [5.41, 5.74) is -0.419. The standard InChI is InChI=1S/C24H25F3/c1-3-8-17(2)15-18-13-14-21(20(16-18)19-9-5-4-6-10-19)24(27)22(25)11-7-12-23(24)26/h4-7,9-14,16-17,22H,3,8,15H2,1-2H3. The summed E-state index contributed by atoms with van der Waals surface area (Å²) in [6.07, 6.45) is 4.28. The van der Waals surface area contributed by atoms with E-state index in [0.29, 0.717) is 11.5 Å². The van der Waals surface area contributed by atoms with Crippen LogP contribution in [0.15, 0.2) is 72.6 Å². The van der Waals surface area contributed by atoms with E-state index in [0.717, 1.165) is 42.5 Å². The number of hydrogen-bond donors (Lipinski definition) is 0. The first-order chi connectivity index (χ1) is 13.0. The molecule has 1 aliphatic carbocycles. The Hall–Kier alpha value is -2.29. The van der Waals surface area contributed by atoms with Crippen molar-refractivity contribution in [2.75, 3.05) is 0 Å². The summed E-state index contributed by atoms with van der Waals surface area (Å²) >= 11 is 0.